The molecule has 0 aromatic heterocycles. The molecule has 0 bridgehead atoms. The van der Waals surface area contributed by atoms with E-state index >= 15 is 0 Å². The molecule has 1 aromatic carbocycles. The molecule has 3 heteroatoms. The fourth-order valence-corrected chi connectivity index (χ4v) is 1.66. The number of rotatable bonds is 2. The second kappa shape index (κ2) is 4.33. The van der Waals surface area contributed by atoms with Gasteiger partial charge in [-0.2, -0.15) is 0 Å². The van der Waals surface area contributed by atoms with Crippen molar-refractivity contribution >= 4 is 5.69 Å². The lowest BCUT2D eigenvalue weighted by atomic mass is 10.1. The Morgan fingerprint density at radius 1 is 1.29 bits per heavy atom. The Hall–Kier alpha value is -1.22. The molecule has 2 rings (SSSR count). The van der Waals surface area contributed by atoms with Crippen LogP contribution in [0.25, 0.3) is 0 Å². The highest BCUT2D eigenvalue weighted by atomic mass is 16.5. The molecule has 0 amide bonds. The van der Waals surface area contributed by atoms with Crippen molar-refractivity contribution in [1.82, 2.24) is 5.32 Å². The maximum absolute atomic E-state index is 5.79. The molecule has 1 saturated heterocycles. The Balaban J connectivity index is 1.92. The molecular weight excluding hydrogens is 176 g/mol. The van der Waals surface area contributed by atoms with Crippen molar-refractivity contribution in [2.45, 2.75) is 18.9 Å². The first kappa shape index (κ1) is 9.34. The number of ether oxygens (including phenoxy) is 1. The van der Waals surface area contributed by atoms with Crippen LogP contribution in [0.5, 0.6) is 5.75 Å². The fraction of sp³-hybridized carbons (Fsp3) is 0.455. The zero-order valence-electron chi connectivity index (χ0n) is 8.20. The van der Waals surface area contributed by atoms with Crippen molar-refractivity contribution < 1.29 is 4.74 Å². The van der Waals surface area contributed by atoms with Gasteiger partial charge in [0.25, 0.3) is 0 Å². The largest absolute Gasteiger partial charge is 0.489 e. The summed E-state index contributed by atoms with van der Waals surface area (Å²) in [5.41, 5.74) is 6.37. The van der Waals surface area contributed by atoms with E-state index < -0.39 is 0 Å². The third-order valence-electron chi connectivity index (χ3n) is 2.43. The van der Waals surface area contributed by atoms with Crippen LogP contribution in [-0.4, -0.2) is 19.2 Å². The van der Waals surface area contributed by atoms with E-state index in [1.807, 2.05) is 24.3 Å². The van der Waals surface area contributed by atoms with Crippen molar-refractivity contribution in [3.05, 3.63) is 24.3 Å². The van der Waals surface area contributed by atoms with Crippen molar-refractivity contribution in [1.29, 1.82) is 0 Å². The molecule has 3 nitrogen and oxygen atoms in total. The molecule has 0 aliphatic carbocycles. The quantitative estimate of drug-likeness (QED) is 0.696. The van der Waals surface area contributed by atoms with Gasteiger partial charge >= 0.3 is 0 Å². The highest BCUT2D eigenvalue weighted by Gasteiger charge is 2.13. The number of nitrogens with one attached hydrogen (secondary N) is 1. The number of hydrogen-bond acceptors (Lipinski definition) is 3. The molecule has 1 aromatic rings. The molecule has 0 saturated carbocycles. The molecule has 1 aliphatic rings. The lowest BCUT2D eigenvalue weighted by Crippen LogP contribution is -2.37. The Morgan fingerprint density at radius 2 is 2.07 bits per heavy atom. The van der Waals surface area contributed by atoms with Crippen LogP contribution in [-0.2, 0) is 0 Å². The van der Waals surface area contributed by atoms with Crippen LogP contribution < -0.4 is 15.8 Å². The van der Waals surface area contributed by atoms with Gasteiger partial charge in [-0.05, 0) is 43.7 Å². The minimum absolute atomic E-state index is 0.312. The summed E-state index contributed by atoms with van der Waals surface area (Å²) in [5.74, 6) is 0.910. The van der Waals surface area contributed by atoms with E-state index in [0.29, 0.717) is 6.10 Å². The number of nitrogen functional groups attached to an aromatic ring is 1. The van der Waals surface area contributed by atoms with Crippen molar-refractivity contribution in [3.63, 3.8) is 0 Å². The minimum atomic E-state index is 0.312. The maximum atomic E-state index is 5.79. The van der Waals surface area contributed by atoms with E-state index in [4.69, 9.17) is 10.5 Å². The standard InChI is InChI=1S/C11H16N2O/c12-9-3-5-10(6-4-9)14-11-2-1-7-13-8-11/h3-6,11,13H,1-2,7-8,12H2/t11-/m0/s1. The van der Waals surface area contributed by atoms with E-state index in [1.165, 1.54) is 6.42 Å². The van der Waals surface area contributed by atoms with Crippen LogP contribution in [0, 0.1) is 0 Å². The van der Waals surface area contributed by atoms with Crippen LogP contribution in [0.15, 0.2) is 24.3 Å². The minimum Gasteiger partial charge on any atom is -0.489 e. The third kappa shape index (κ3) is 2.39. The number of anilines is 1. The van der Waals surface area contributed by atoms with Gasteiger partial charge in [-0.15, -0.1) is 0 Å². The first-order valence-electron chi connectivity index (χ1n) is 5.07. The number of hydrogen-bond donors (Lipinski definition) is 2. The first-order chi connectivity index (χ1) is 6.84. The normalized spacial score (nSPS) is 21.9. The van der Waals surface area contributed by atoms with Gasteiger partial charge in [0, 0.05) is 12.2 Å². The van der Waals surface area contributed by atoms with Crippen LogP contribution in [0.3, 0.4) is 0 Å². The van der Waals surface area contributed by atoms with E-state index in [0.717, 1.165) is 30.9 Å². The molecule has 1 heterocycles. The fourth-order valence-electron chi connectivity index (χ4n) is 1.66. The summed E-state index contributed by atoms with van der Waals surface area (Å²) in [5, 5.41) is 3.32. The molecule has 1 aliphatic heterocycles. The summed E-state index contributed by atoms with van der Waals surface area (Å²) >= 11 is 0. The lowest BCUT2D eigenvalue weighted by molar-refractivity contribution is 0.167. The molecular formula is C11H16N2O. The summed E-state index contributed by atoms with van der Waals surface area (Å²) in [4.78, 5) is 0. The molecule has 14 heavy (non-hydrogen) atoms. The van der Waals surface area contributed by atoms with E-state index in [2.05, 4.69) is 5.32 Å². The Labute approximate surface area is 84.3 Å². The Morgan fingerprint density at radius 3 is 2.71 bits per heavy atom. The van der Waals surface area contributed by atoms with Crippen molar-refractivity contribution in [3.8, 4) is 5.75 Å². The topological polar surface area (TPSA) is 47.3 Å². The van der Waals surface area contributed by atoms with Crippen LogP contribution in [0.4, 0.5) is 5.69 Å². The van der Waals surface area contributed by atoms with Gasteiger partial charge in [-0.3, -0.25) is 0 Å². The van der Waals surface area contributed by atoms with Crippen molar-refractivity contribution in [2.24, 2.45) is 0 Å². The highest BCUT2D eigenvalue weighted by molar-refractivity contribution is 5.41. The maximum Gasteiger partial charge on any atom is 0.119 e. The zero-order chi connectivity index (χ0) is 9.80. The Bertz CT molecular complexity index is 278. The van der Waals surface area contributed by atoms with Crippen molar-refractivity contribution in [2.75, 3.05) is 18.8 Å². The van der Waals surface area contributed by atoms with Crippen LogP contribution in [0.1, 0.15) is 12.8 Å². The van der Waals surface area contributed by atoms with Gasteiger partial charge in [0.1, 0.15) is 11.9 Å². The Kier molecular flexibility index (Phi) is 2.89. The zero-order valence-corrected chi connectivity index (χ0v) is 8.20. The summed E-state index contributed by atoms with van der Waals surface area (Å²) in [6, 6.07) is 7.57. The summed E-state index contributed by atoms with van der Waals surface area (Å²) in [6.07, 6.45) is 2.64. The number of benzene rings is 1. The second-order valence-corrected chi connectivity index (χ2v) is 3.66. The molecule has 0 unspecified atom stereocenters. The monoisotopic (exact) mass is 192 g/mol. The number of nitrogens with two attached hydrogens (primary N) is 1. The lowest BCUT2D eigenvalue weighted by Gasteiger charge is -2.23. The highest BCUT2D eigenvalue weighted by Crippen LogP contribution is 2.17. The molecule has 1 atom stereocenters. The summed E-state index contributed by atoms with van der Waals surface area (Å²) in [7, 11) is 0. The number of piperidine rings is 1. The predicted octanol–water partition coefficient (Wildman–Crippen LogP) is 1.40. The van der Waals surface area contributed by atoms with Gasteiger partial charge in [0.15, 0.2) is 0 Å². The predicted molar refractivity (Wildman–Crippen MR) is 57.4 cm³/mol. The van der Waals surface area contributed by atoms with E-state index in [9.17, 15) is 0 Å². The molecule has 0 spiro atoms. The summed E-state index contributed by atoms with van der Waals surface area (Å²) < 4.78 is 5.79. The average molecular weight is 192 g/mol. The first-order valence-corrected chi connectivity index (χ1v) is 5.07. The van der Waals surface area contributed by atoms with E-state index in [1.54, 1.807) is 0 Å². The third-order valence-corrected chi connectivity index (χ3v) is 2.43. The average Bonchev–Trinajstić information content (AvgIpc) is 2.23. The SMILES string of the molecule is Nc1ccc(O[C@H]2CCCNC2)cc1. The molecule has 3 N–H and O–H groups in total. The summed E-state index contributed by atoms with van der Waals surface area (Å²) in [6.45, 7) is 2.06. The second-order valence-electron chi connectivity index (χ2n) is 3.66. The van der Waals surface area contributed by atoms with Crippen LogP contribution >= 0.6 is 0 Å². The van der Waals surface area contributed by atoms with Gasteiger partial charge in [0.05, 0.1) is 0 Å². The molecule has 1 fully saturated rings. The smallest absolute Gasteiger partial charge is 0.119 e. The molecule has 76 valence electrons. The van der Waals surface area contributed by atoms with Gasteiger partial charge in [-0.25, -0.2) is 0 Å². The molecule has 0 radical (unpaired) electrons. The van der Waals surface area contributed by atoms with E-state index in [-0.39, 0.29) is 0 Å². The van der Waals surface area contributed by atoms with Gasteiger partial charge < -0.3 is 15.8 Å². The van der Waals surface area contributed by atoms with Gasteiger partial charge in [0.2, 0.25) is 0 Å². The van der Waals surface area contributed by atoms with Crippen LogP contribution in [0.2, 0.25) is 0 Å². The van der Waals surface area contributed by atoms with Gasteiger partial charge in [-0.1, -0.05) is 0 Å².